The quantitative estimate of drug-likeness (QED) is 0.674. The summed E-state index contributed by atoms with van der Waals surface area (Å²) >= 11 is 6.40. The summed E-state index contributed by atoms with van der Waals surface area (Å²) < 4.78 is 0. The van der Waals surface area contributed by atoms with Crippen molar-refractivity contribution in [3.8, 4) is 11.1 Å². The first-order valence-corrected chi connectivity index (χ1v) is 9.64. The Hall–Kier alpha value is -2.37. The molecule has 2 heterocycles. The number of benzene rings is 2. The van der Waals surface area contributed by atoms with Gasteiger partial charge in [0.2, 0.25) is 0 Å². The number of likely N-dealkylation sites (tertiary alicyclic amines) is 1. The molecule has 0 bridgehead atoms. The molecule has 1 fully saturated rings. The van der Waals surface area contributed by atoms with Crippen molar-refractivity contribution in [2.75, 3.05) is 13.1 Å². The number of carbonyl (C=O) groups is 1. The van der Waals surface area contributed by atoms with Crippen LogP contribution in [0.15, 0.2) is 30.3 Å². The van der Waals surface area contributed by atoms with Gasteiger partial charge >= 0.3 is 5.97 Å². The summed E-state index contributed by atoms with van der Waals surface area (Å²) in [6.45, 7) is 4.82. The van der Waals surface area contributed by atoms with Crippen molar-refractivity contribution < 1.29 is 9.90 Å². The van der Waals surface area contributed by atoms with Gasteiger partial charge in [-0.15, -0.1) is 0 Å². The van der Waals surface area contributed by atoms with E-state index < -0.39 is 5.97 Å². The molecule has 3 aromatic rings. The second kappa shape index (κ2) is 7.33. The zero-order chi connectivity index (χ0) is 19.0. The lowest BCUT2D eigenvalue weighted by Crippen LogP contribution is -2.29. The van der Waals surface area contributed by atoms with Crippen molar-refractivity contribution in [2.45, 2.75) is 32.7 Å². The van der Waals surface area contributed by atoms with E-state index in [9.17, 15) is 9.90 Å². The Morgan fingerprint density at radius 3 is 2.70 bits per heavy atom. The monoisotopic (exact) mass is 383 g/mol. The van der Waals surface area contributed by atoms with Gasteiger partial charge in [-0.2, -0.15) is 0 Å². The van der Waals surface area contributed by atoms with E-state index in [0.717, 1.165) is 41.1 Å². The molecule has 1 saturated heterocycles. The Morgan fingerprint density at radius 1 is 1.22 bits per heavy atom. The Labute approximate surface area is 163 Å². The molecule has 1 aliphatic rings. The second-order valence-electron chi connectivity index (χ2n) is 7.23. The molecule has 1 aliphatic heterocycles. The van der Waals surface area contributed by atoms with Gasteiger partial charge in [-0.25, -0.2) is 9.78 Å². The van der Waals surface area contributed by atoms with Gasteiger partial charge < -0.3 is 10.1 Å². The van der Waals surface area contributed by atoms with Crippen LogP contribution in [0.3, 0.4) is 0 Å². The molecular formula is C21H22ClN3O2. The molecule has 0 radical (unpaired) electrons. The normalized spacial score (nSPS) is 15.3. The highest BCUT2D eigenvalue weighted by Crippen LogP contribution is 2.32. The molecule has 4 rings (SSSR count). The molecule has 0 spiro atoms. The number of aromatic carboxylic acids is 1. The molecule has 0 atom stereocenters. The third-order valence-electron chi connectivity index (χ3n) is 5.12. The molecule has 1 aromatic heterocycles. The smallest absolute Gasteiger partial charge is 0.337 e. The third kappa shape index (κ3) is 3.70. The number of H-pyrrole nitrogens is 1. The molecule has 5 nitrogen and oxygen atoms in total. The number of aromatic amines is 1. The summed E-state index contributed by atoms with van der Waals surface area (Å²) in [4.78, 5) is 22.1. The number of carboxylic acids is 1. The van der Waals surface area contributed by atoms with Crippen molar-refractivity contribution in [1.29, 1.82) is 0 Å². The fourth-order valence-electron chi connectivity index (χ4n) is 3.75. The number of piperidine rings is 1. The Morgan fingerprint density at radius 2 is 2.00 bits per heavy atom. The molecule has 2 N–H and O–H groups in total. The topological polar surface area (TPSA) is 69.2 Å². The van der Waals surface area contributed by atoms with Crippen molar-refractivity contribution in [1.82, 2.24) is 14.9 Å². The lowest BCUT2D eigenvalue weighted by atomic mass is 10.0. The average molecular weight is 384 g/mol. The number of aromatic nitrogens is 2. The summed E-state index contributed by atoms with van der Waals surface area (Å²) in [6.07, 6.45) is 3.69. The number of fused-ring (bicyclic) bond motifs is 1. The minimum Gasteiger partial charge on any atom is -0.478 e. The van der Waals surface area contributed by atoms with Gasteiger partial charge in [0.05, 0.1) is 17.6 Å². The highest BCUT2D eigenvalue weighted by Gasteiger charge is 2.18. The van der Waals surface area contributed by atoms with E-state index in [0.29, 0.717) is 17.1 Å². The lowest BCUT2D eigenvalue weighted by Gasteiger charge is -2.25. The number of hydrogen-bond acceptors (Lipinski definition) is 3. The van der Waals surface area contributed by atoms with Crippen LogP contribution in [0, 0.1) is 6.92 Å². The number of aryl methyl sites for hydroxylation is 1. The number of hydrogen-bond donors (Lipinski definition) is 2. The van der Waals surface area contributed by atoms with Crippen LogP contribution in [0.5, 0.6) is 0 Å². The second-order valence-corrected chi connectivity index (χ2v) is 7.64. The number of rotatable bonds is 4. The molecule has 6 heteroatoms. The highest BCUT2D eigenvalue weighted by atomic mass is 35.5. The molecule has 27 heavy (non-hydrogen) atoms. The zero-order valence-corrected chi connectivity index (χ0v) is 16.0. The first kappa shape index (κ1) is 18.0. The fraction of sp³-hybridized carbons (Fsp3) is 0.333. The third-order valence-corrected chi connectivity index (χ3v) is 5.44. The molecule has 0 amide bonds. The summed E-state index contributed by atoms with van der Waals surface area (Å²) in [5, 5.41) is 10.3. The molecule has 140 valence electrons. The van der Waals surface area contributed by atoms with Crippen LogP contribution in [0.4, 0.5) is 0 Å². The van der Waals surface area contributed by atoms with Gasteiger partial charge in [0.15, 0.2) is 0 Å². The maximum Gasteiger partial charge on any atom is 0.337 e. The minimum atomic E-state index is -0.985. The van der Waals surface area contributed by atoms with Crippen molar-refractivity contribution in [2.24, 2.45) is 0 Å². The largest absolute Gasteiger partial charge is 0.478 e. The van der Waals surface area contributed by atoms with Crippen LogP contribution in [-0.4, -0.2) is 39.0 Å². The Kier molecular flexibility index (Phi) is 4.89. The van der Waals surface area contributed by atoms with Crippen LogP contribution in [0.25, 0.3) is 22.2 Å². The fourth-order valence-corrected chi connectivity index (χ4v) is 4.09. The summed E-state index contributed by atoms with van der Waals surface area (Å²) in [5.41, 5.74) is 4.08. The zero-order valence-electron chi connectivity index (χ0n) is 15.3. The van der Waals surface area contributed by atoms with Gasteiger partial charge in [0.1, 0.15) is 11.3 Å². The van der Waals surface area contributed by atoms with Crippen LogP contribution >= 0.6 is 11.6 Å². The molecule has 0 aliphatic carbocycles. The Balaban J connectivity index is 1.77. The first-order valence-electron chi connectivity index (χ1n) is 9.26. The van der Waals surface area contributed by atoms with Gasteiger partial charge in [-0.3, -0.25) is 4.90 Å². The van der Waals surface area contributed by atoms with E-state index in [1.54, 1.807) is 6.07 Å². The SMILES string of the molecule is Cc1ccc(-c2cc(C(=O)O)c3nc(CN4CCCCC4)[nH]c3c2)c(Cl)c1. The number of nitrogens with zero attached hydrogens (tertiary/aromatic N) is 2. The summed E-state index contributed by atoms with van der Waals surface area (Å²) in [5.74, 6) is -0.178. The number of nitrogens with one attached hydrogen (secondary N) is 1. The predicted octanol–water partition coefficient (Wildman–Crippen LogP) is 4.88. The van der Waals surface area contributed by atoms with E-state index in [1.807, 2.05) is 31.2 Å². The van der Waals surface area contributed by atoms with Crippen molar-refractivity contribution >= 4 is 28.6 Å². The highest BCUT2D eigenvalue weighted by molar-refractivity contribution is 6.33. The number of carboxylic acid groups (broad SMARTS) is 1. The summed E-state index contributed by atoms with van der Waals surface area (Å²) in [6, 6.07) is 9.38. The van der Waals surface area contributed by atoms with E-state index in [-0.39, 0.29) is 5.56 Å². The van der Waals surface area contributed by atoms with E-state index in [2.05, 4.69) is 14.9 Å². The van der Waals surface area contributed by atoms with Gasteiger partial charge in [-0.1, -0.05) is 30.2 Å². The average Bonchev–Trinajstić information content (AvgIpc) is 3.03. The van der Waals surface area contributed by atoms with Crippen LogP contribution in [0.1, 0.15) is 41.0 Å². The van der Waals surface area contributed by atoms with E-state index in [4.69, 9.17) is 11.6 Å². The molecular weight excluding hydrogens is 362 g/mol. The van der Waals surface area contributed by atoms with Gasteiger partial charge in [0.25, 0.3) is 0 Å². The Bertz CT molecular complexity index is 1010. The number of halogens is 1. The first-order chi connectivity index (χ1) is 13.0. The molecule has 0 unspecified atom stereocenters. The van der Waals surface area contributed by atoms with Crippen LogP contribution < -0.4 is 0 Å². The predicted molar refractivity (Wildman–Crippen MR) is 107 cm³/mol. The van der Waals surface area contributed by atoms with E-state index in [1.165, 1.54) is 19.3 Å². The summed E-state index contributed by atoms with van der Waals surface area (Å²) in [7, 11) is 0. The minimum absolute atomic E-state index is 0.195. The van der Waals surface area contributed by atoms with Gasteiger partial charge in [-0.05, 0) is 62.2 Å². The number of imidazole rings is 1. The molecule has 2 aromatic carbocycles. The van der Waals surface area contributed by atoms with E-state index >= 15 is 0 Å². The standard InChI is InChI=1S/C21H22ClN3O2/c1-13-5-6-15(17(22)9-13)14-10-16(21(26)27)20-18(11-14)23-19(24-20)12-25-7-3-2-4-8-25/h5-6,9-11H,2-4,7-8,12H2,1H3,(H,23,24)(H,26,27). The maximum atomic E-state index is 11.8. The van der Waals surface area contributed by atoms with Crippen molar-refractivity contribution in [3.05, 3.63) is 52.3 Å². The van der Waals surface area contributed by atoms with Crippen molar-refractivity contribution in [3.63, 3.8) is 0 Å². The van der Waals surface area contributed by atoms with Crippen LogP contribution in [-0.2, 0) is 6.54 Å². The maximum absolute atomic E-state index is 11.8. The molecule has 0 saturated carbocycles. The lowest BCUT2D eigenvalue weighted by molar-refractivity contribution is 0.0699. The van der Waals surface area contributed by atoms with Crippen LogP contribution in [0.2, 0.25) is 5.02 Å². The van der Waals surface area contributed by atoms with Gasteiger partial charge in [0, 0.05) is 10.6 Å².